The highest BCUT2D eigenvalue weighted by molar-refractivity contribution is 5.94. The number of amides is 1. The van der Waals surface area contributed by atoms with Crippen LogP contribution < -0.4 is 0 Å². The lowest BCUT2D eigenvalue weighted by Crippen LogP contribution is -2.42. The van der Waals surface area contributed by atoms with Crippen molar-refractivity contribution in [2.75, 3.05) is 6.54 Å². The summed E-state index contributed by atoms with van der Waals surface area (Å²) in [5.41, 5.74) is 3.27. The highest BCUT2D eigenvalue weighted by Gasteiger charge is 2.37. The molecule has 1 atom stereocenters. The van der Waals surface area contributed by atoms with E-state index in [-0.39, 0.29) is 11.9 Å². The molecule has 4 nitrogen and oxygen atoms in total. The van der Waals surface area contributed by atoms with Gasteiger partial charge in [-0.1, -0.05) is 29.8 Å². The van der Waals surface area contributed by atoms with Crippen LogP contribution in [0.25, 0.3) is 0 Å². The molecule has 0 bridgehead atoms. The molecule has 1 heterocycles. The van der Waals surface area contributed by atoms with Gasteiger partial charge < -0.3 is 4.90 Å². The van der Waals surface area contributed by atoms with Crippen molar-refractivity contribution in [2.45, 2.75) is 39.2 Å². The third-order valence-electron chi connectivity index (χ3n) is 4.69. The van der Waals surface area contributed by atoms with E-state index in [4.69, 9.17) is 0 Å². The first kappa shape index (κ1) is 15.8. The number of nitrogens with zero attached hydrogens (tertiary/aromatic N) is 3. The third-order valence-corrected chi connectivity index (χ3v) is 4.69. The quantitative estimate of drug-likeness (QED) is 0.821. The summed E-state index contributed by atoms with van der Waals surface area (Å²) in [6.45, 7) is 4.91. The zero-order valence-electron chi connectivity index (χ0n) is 14.2. The van der Waals surface area contributed by atoms with Gasteiger partial charge >= 0.3 is 0 Å². The first-order valence-corrected chi connectivity index (χ1v) is 8.43. The summed E-state index contributed by atoms with van der Waals surface area (Å²) < 4.78 is 1.69. The van der Waals surface area contributed by atoms with Gasteiger partial charge in [0.15, 0.2) is 0 Å². The van der Waals surface area contributed by atoms with Crippen LogP contribution in [0.2, 0.25) is 0 Å². The first-order valence-electron chi connectivity index (χ1n) is 8.43. The number of aromatic nitrogens is 2. The Kier molecular flexibility index (Phi) is 4.51. The van der Waals surface area contributed by atoms with Crippen LogP contribution in [0.1, 0.15) is 41.3 Å². The molecule has 0 N–H and O–H groups in total. The van der Waals surface area contributed by atoms with Crippen molar-refractivity contribution < 1.29 is 4.79 Å². The van der Waals surface area contributed by atoms with Crippen molar-refractivity contribution in [1.82, 2.24) is 14.7 Å². The van der Waals surface area contributed by atoms with Crippen LogP contribution in [0.5, 0.6) is 0 Å². The average Bonchev–Trinajstić information content (AvgIpc) is 3.30. The highest BCUT2D eigenvalue weighted by Crippen LogP contribution is 2.37. The lowest BCUT2D eigenvalue weighted by atomic mass is 9.99. The number of carbonyl (C=O) groups is 1. The van der Waals surface area contributed by atoms with Crippen molar-refractivity contribution >= 4 is 5.91 Å². The monoisotopic (exact) mass is 311 g/mol. The van der Waals surface area contributed by atoms with Gasteiger partial charge in [0.05, 0.1) is 11.8 Å². The van der Waals surface area contributed by atoms with Crippen LogP contribution in [-0.4, -0.2) is 33.2 Å². The van der Waals surface area contributed by atoms with E-state index in [9.17, 15) is 4.79 Å². The van der Waals surface area contributed by atoms with Gasteiger partial charge in [0.1, 0.15) is 0 Å². The Hall–Kier alpha value is -2.10. The molecule has 1 aliphatic rings. The minimum atomic E-state index is 0.101. The molecular weight excluding hydrogens is 286 g/mol. The van der Waals surface area contributed by atoms with Gasteiger partial charge in [-0.15, -0.1) is 0 Å². The van der Waals surface area contributed by atoms with Crippen LogP contribution in [0, 0.1) is 12.8 Å². The Morgan fingerprint density at radius 2 is 2.04 bits per heavy atom. The Balaban J connectivity index is 1.80. The summed E-state index contributed by atoms with van der Waals surface area (Å²) in [6, 6.07) is 8.97. The molecule has 3 rings (SSSR count). The van der Waals surface area contributed by atoms with Crippen LogP contribution in [0.3, 0.4) is 0 Å². The topological polar surface area (TPSA) is 38.1 Å². The Bertz CT molecular complexity index is 670. The zero-order chi connectivity index (χ0) is 16.4. The van der Waals surface area contributed by atoms with E-state index < -0.39 is 0 Å². The standard InChI is InChI=1S/C19H25N3O/c1-4-22(19(23)17-12-20-21(3)13-17)18(16-9-10-16)11-15-7-5-14(2)6-8-15/h5-8,12-13,16,18H,4,9-11H2,1-3H3/t18-/m1/s1. The summed E-state index contributed by atoms with van der Waals surface area (Å²) in [5, 5.41) is 4.14. The van der Waals surface area contributed by atoms with E-state index in [1.54, 1.807) is 17.1 Å². The van der Waals surface area contributed by atoms with Crippen LogP contribution in [-0.2, 0) is 13.5 Å². The molecular formula is C19H25N3O. The van der Waals surface area contributed by atoms with Crippen molar-refractivity contribution in [1.29, 1.82) is 0 Å². The Morgan fingerprint density at radius 1 is 1.35 bits per heavy atom. The van der Waals surface area contributed by atoms with Crippen LogP contribution in [0.4, 0.5) is 0 Å². The van der Waals surface area contributed by atoms with Gasteiger partial charge in [-0.2, -0.15) is 5.10 Å². The first-order chi connectivity index (χ1) is 11.1. The normalized spacial score (nSPS) is 15.4. The number of likely N-dealkylation sites (N-methyl/N-ethyl adjacent to an activating group) is 1. The molecule has 1 aliphatic carbocycles. The number of hydrogen-bond acceptors (Lipinski definition) is 2. The zero-order valence-corrected chi connectivity index (χ0v) is 14.2. The SMILES string of the molecule is CCN(C(=O)c1cnn(C)c1)[C@H](Cc1ccc(C)cc1)C1CC1. The number of rotatable bonds is 6. The predicted molar refractivity (Wildman–Crippen MR) is 91.3 cm³/mol. The summed E-state index contributed by atoms with van der Waals surface area (Å²) in [4.78, 5) is 14.9. The summed E-state index contributed by atoms with van der Waals surface area (Å²) in [5.74, 6) is 0.737. The molecule has 122 valence electrons. The summed E-state index contributed by atoms with van der Waals surface area (Å²) >= 11 is 0. The second-order valence-electron chi connectivity index (χ2n) is 6.59. The summed E-state index contributed by atoms with van der Waals surface area (Å²) in [7, 11) is 1.84. The lowest BCUT2D eigenvalue weighted by Gasteiger charge is -2.31. The Labute approximate surface area is 138 Å². The molecule has 4 heteroatoms. The smallest absolute Gasteiger partial charge is 0.257 e. The molecule has 0 radical (unpaired) electrons. The van der Waals surface area contributed by atoms with E-state index in [2.05, 4.69) is 43.2 Å². The molecule has 0 unspecified atom stereocenters. The van der Waals surface area contributed by atoms with Crippen molar-refractivity contribution in [2.24, 2.45) is 13.0 Å². The molecule has 2 aromatic rings. The molecule has 0 spiro atoms. The molecule has 1 aromatic heterocycles. The Morgan fingerprint density at radius 3 is 2.57 bits per heavy atom. The van der Waals surface area contributed by atoms with Crippen molar-refractivity contribution in [3.63, 3.8) is 0 Å². The van der Waals surface area contributed by atoms with Gasteiger partial charge in [-0.05, 0) is 44.6 Å². The largest absolute Gasteiger partial charge is 0.335 e. The number of aryl methyl sites for hydroxylation is 2. The van der Waals surface area contributed by atoms with Gasteiger partial charge in [0, 0.05) is 25.8 Å². The molecule has 1 aromatic carbocycles. The third kappa shape index (κ3) is 3.63. The molecule has 1 saturated carbocycles. The van der Waals surface area contributed by atoms with E-state index in [0.717, 1.165) is 13.0 Å². The van der Waals surface area contributed by atoms with E-state index in [1.807, 2.05) is 11.9 Å². The van der Waals surface area contributed by atoms with Crippen molar-refractivity contribution in [3.8, 4) is 0 Å². The van der Waals surface area contributed by atoms with Crippen LogP contribution in [0.15, 0.2) is 36.7 Å². The number of benzene rings is 1. The van der Waals surface area contributed by atoms with Crippen molar-refractivity contribution in [3.05, 3.63) is 53.3 Å². The van der Waals surface area contributed by atoms with E-state index in [1.165, 1.54) is 24.0 Å². The van der Waals surface area contributed by atoms with Gasteiger partial charge in [-0.25, -0.2) is 0 Å². The molecule has 23 heavy (non-hydrogen) atoms. The van der Waals surface area contributed by atoms with Gasteiger partial charge in [-0.3, -0.25) is 9.48 Å². The predicted octanol–water partition coefficient (Wildman–Crippen LogP) is 3.21. The molecule has 1 amide bonds. The van der Waals surface area contributed by atoms with Gasteiger partial charge in [0.2, 0.25) is 0 Å². The fourth-order valence-electron chi connectivity index (χ4n) is 3.20. The molecule has 0 saturated heterocycles. The minimum Gasteiger partial charge on any atom is -0.335 e. The minimum absolute atomic E-state index is 0.101. The van der Waals surface area contributed by atoms with E-state index in [0.29, 0.717) is 11.5 Å². The molecule has 1 fully saturated rings. The maximum Gasteiger partial charge on any atom is 0.257 e. The fourth-order valence-corrected chi connectivity index (χ4v) is 3.20. The van der Waals surface area contributed by atoms with E-state index >= 15 is 0 Å². The fraction of sp³-hybridized carbons (Fsp3) is 0.474. The average molecular weight is 311 g/mol. The van der Waals surface area contributed by atoms with Gasteiger partial charge in [0.25, 0.3) is 5.91 Å². The second kappa shape index (κ2) is 6.57. The number of hydrogen-bond donors (Lipinski definition) is 0. The number of carbonyl (C=O) groups excluding carboxylic acids is 1. The maximum absolute atomic E-state index is 12.9. The maximum atomic E-state index is 12.9. The second-order valence-corrected chi connectivity index (χ2v) is 6.59. The lowest BCUT2D eigenvalue weighted by molar-refractivity contribution is 0.0666. The summed E-state index contributed by atoms with van der Waals surface area (Å²) in [6.07, 6.45) is 6.87. The molecule has 0 aliphatic heterocycles. The highest BCUT2D eigenvalue weighted by atomic mass is 16.2. The van der Waals surface area contributed by atoms with Crippen LogP contribution >= 0.6 is 0 Å².